The summed E-state index contributed by atoms with van der Waals surface area (Å²) in [7, 11) is 0. The second kappa shape index (κ2) is 4.83. The Hall–Kier alpha value is -1.43. The minimum Gasteiger partial charge on any atom is -0.347 e. The van der Waals surface area contributed by atoms with Crippen molar-refractivity contribution in [3.8, 4) is 0 Å². The van der Waals surface area contributed by atoms with Crippen LogP contribution in [0.3, 0.4) is 0 Å². The van der Waals surface area contributed by atoms with Crippen molar-refractivity contribution < 1.29 is 4.79 Å². The van der Waals surface area contributed by atoms with Crippen LogP contribution in [0, 0.1) is 5.92 Å². The predicted octanol–water partition coefficient (Wildman–Crippen LogP) is 0.329. The Labute approximate surface area is 100 Å². The molecule has 0 aromatic carbocycles. The van der Waals surface area contributed by atoms with Crippen molar-refractivity contribution in [3.63, 3.8) is 0 Å². The van der Waals surface area contributed by atoms with Gasteiger partial charge in [0, 0.05) is 0 Å². The number of carbonyl (C=O) groups is 1. The van der Waals surface area contributed by atoms with Crippen LogP contribution in [0.4, 0.5) is 0 Å². The zero-order valence-corrected chi connectivity index (χ0v) is 10.1. The minimum atomic E-state index is -0.711. The lowest BCUT2D eigenvalue weighted by molar-refractivity contribution is -0.128. The van der Waals surface area contributed by atoms with E-state index >= 15 is 0 Å². The lowest BCUT2D eigenvalue weighted by atomic mass is 9.76. The lowest BCUT2D eigenvalue weighted by Gasteiger charge is -2.35. The number of rotatable bonds is 3. The largest absolute Gasteiger partial charge is 0.347 e. The number of nitrogens with two attached hydrogens (primary N) is 1. The maximum absolute atomic E-state index is 12.1. The van der Waals surface area contributed by atoms with Gasteiger partial charge >= 0.3 is 0 Å². The summed E-state index contributed by atoms with van der Waals surface area (Å²) >= 11 is 0. The maximum atomic E-state index is 12.1. The topological polar surface area (TPSA) is 96.7 Å². The van der Waals surface area contributed by atoms with E-state index in [0.29, 0.717) is 18.3 Å². The highest BCUT2D eigenvalue weighted by Gasteiger charge is 2.37. The third-order valence-corrected chi connectivity index (χ3v) is 3.37. The first-order valence-electron chi connectivity index (χ1n) is 6.01. The summed E-state index contributed by atoms with van der Waals surface area (Å²) in [5.74, 6) is 1.08. The number of nitrogens with one attached hydrogen (secondary N) is 2. The molecule has 2 atom stereocenters. The summed E-state index contributed by atoms with van der Waals surface area (Å²) in [6, 6.07) is 0. The van der Waals surface area contributed by atoms with Gasteiger partial charge in [0.15, 0.2) is 0 Å². The highest BCUT2D eigenvalue weighted by molar-refractivity contribution is 5.86. The van der Waals surface area contributed by atoms with Crippen molar-refractivity contribution in [2.45, 2.75) is 44.7 Å². The van der Waals surface area contributed by atoms with Crippen LogP contribution < -0.4 is 11.1 Å². The van der Waals surface area contributed by atoms with Crippen molar-refractivity contribution >= 4 is 5.91 Å². The van der Waals surface area contributed by atoms with Gasteiger partial charge < -0.3 is 11.1 Å². The summed E-state index contributed by atoms with van der Waals surface area (Å²) in [5, 5.41) is 9.24. The molecule has 0 spiro atoms. The molecule has 0 bridgehead atoms. The van der Waals surface area contributed by atoms with E-state index in [-0.39, 0.29) is 5.91 Å². The SMILES string of the molecule is CC1CCCC(N)(C(=O)NCc2ncn[nH]2)C1. The van der Waals surface area contributed by atoms with Gasteiger partial charge in [-0.2, -0.15) is 5.10 Å². The Morgan fingerprint density at radius 3 is 3.24 bits per heavy atom. The molecule has 2 unspecified atom stereocenters. The summed E-state index contributed by atoms with van der Waals surface area (Å²) in [6.07, 6.45) is 5.12. The van der Waals surface area contributed by atoms with Crippen LogP contribution in [0.25, 0.3) is 0 Å². The van der Waals surface area contributed by atoms with Gasteiger partial charge in [0.25, 0.3) is 0 Å². The Balaban J connectivity index is 1.90. The van der Waals surface area contributed by atoms with E-state index in [0.717, 1.165) is 25.7 Å². The number of hydrogen-bond acceptors (Lipinski definition) is 4. The molecular formula is C11H19N5O. The summed E-state index contributed by atoms with van der Waals surface area (Å²) in [4.78, 5) is 16.0. The van der Waals surface area contributed by atoms with Gasteiger partial charge in [-0.15, -0.1) is 0 Å². The second-order valence-corrected chi connectivity index (χ2v) is 4.97. The van der Waals surface area contributed by atoms with E-state index in [1.54, 1.807) is 0 Å². The third kappa shape index (κ3) is 2.82. The normalized spacial score (nSPS) is 28.9. The first-order valence-corrected chi connectivity index (χ1v) is 6.01. The Kier molecular flexibility index (Phi) is 3.42. The average Bonchev–Trinajstić information content (AvgIpc) is 2.78. The summed E-state index contributed by atoms with van der Waals surface area (Å²) in [5.41, 5.74) is 5.46. The fourth-order valence-corrected chi connectivity index (χ4v) is 2.45. The van der Waals surface area contributed by atoms with Crippen LogP contribution in [0.5, 0.6) is 0 Å². The molecule has 1 aromatic rings. The molecule has 0 saturated heterocycles. The standard InChI is InChI=1S/C11H19N5O/c1-8-3-2-4-11(12,5-8)10(17)13-6-9-14-7-15-16-9/h7-8H,2-6,12H2,1H3,(H,13,17)(H,14,15,16). The summed E-state index contributed by atoms with van der Waals surface area (Å²) in [6.45, 7) is 2.50. The van der Waals surface area contributed by atoms with Crippen LogP contribution in [-0.2, 0) is 11.3 Å². The van der Waals surface area contributed by atoms with Crippen LogP contribution >= 0.6 is 0 Å². The molecule has 17 heavy (non-hydrogen) atoms. The van der Waals surface area contributed by atoms with Gasteiger partial charge in [0.2, 0.25) is 5.91 Å². The maximum Gasteiger partial charge on any atom is 0.240 e. The van der Waals surface area contributed by atoms with Gasteiger partial charge in [-0.1, -0.05) is 19.8 Å². The van der Waals surface area contributed by atoms with E-state index in [9.17, 15) is 4.79 Å². The van der Waals surface area contributed by atoms with Gasteiger partial charge in [-0.3, -0.25) is 9.89 Å². The first-order chi connectivity index (χ1) is 8.10. The number of aromatic amines is 1. The molecule has 6 nitrogen and oxygen atoms in total. The van der Waals surface area contributed by atoms with Crippen LogP contribution in [0.2, 0.25) is 0 Å². The Morgan fingerprint density at radius 1 is 1.76 bits per heavy atom. The van der Waals surface area contributed by atoms with E-state index < -0.39 is 5.54 Å². The van der Waals surface area contributed by atoms with E-state index in [1.807, 2.05) is 0 Å². The molecule has 1 aromatic heterocycles. The molecule has 1 saturated carbocycles. The number of aromatic nitrogens is 3. The molecule has 4 N–H and O–H groups in total. The fraction of sp³-hybridized carbons (Fsp3) is 0.727. The monoisotopic (exact) mass is 237 g/mol. The zero-order valence-electron chi connectivity index (χ0n) is 10.1. The Morgan fingerprint density at radius 2 is 2.59 bits per heavy atom. The van der Waals surface area contributed by atoms with Crippen molar-refractivity contribution in [1.29, 1.82) is 0 Å². The number of nitrogens with zero attached hydrogens (tertiary/aromatic N) is 2. The molecule has 1 aliphatic rings. The number of H-pyrrole nitrogens is 1. The predicted molar refractivity (Wildman–Crippen MR) is 62.8 cm³/mol. The van der Waals surface area contributed by atoms with Gasteiger partial charge in [0.1, 0.15) is 12.2 Å². The molecule has 1 heterocycles. The quantitative estimate of drug-likeness (QED) is 0.705. The van der Waals surface area contributed by atoms with Crippen molar-refractivity contribution in [2.75, 3.05) is 0 Å². The second-order valence-electron chi connectivity index (χ2n) is 4.97. The highest BCUT2D eigenvalue weighted by atomic mass is 16.2. The first kappa shape index (κ1) is 12.0. The molecule has 1 amide bonds. The van der Waals surface area contributed by atoms with Crippen molar-refractivity contribution in [1.82, 2.24) is 20.5 Å². The minimum absolute atomic E-state index is 0.0829. The van der Waals surface area contributed by atoms with Crippen LogP contribution in [0.15, 0.2) is 6.33 Å². The number of amides is 1. The van der Waals surface area contributed by atoms with Gasteiger partial charge in [-0.25, -0.2) is 4.98 Å². The number of hydrogen-bond donors (Lipinski definition) is 3. The van der Waals surface area contributed by atoms with E-state index in [1.165, 1.54) is 6.33 Å². The van der Waals surface area contributed by atoms with E-state index in [2.05, 4.69) is 27.4 Å². The smallest absolute Gasteiger partial charge is 0.240 e. The van der Waals surface area contributed by atoms with Crippen LogP contribution in [0.1, 0.15) is 38.4 Å². The molecular weight excluding hydrogens is 218 g/mol. The molecule has 0 aliphatic heterocycles. The average molecular weight is 237 g/mol. The molecule has 94 valence electrons. The van der Waals surface area contributed by atoms with Crippen molar-refractivity contribution in [2.24, 2.45) is 11.7 Å². The zero-order chi connectivity index (χ0) is 12.3. The molecule has 2 rings (SSSR count). The van der Waals surface area contributed by atoms with E-state index in [4.69, 9.17) is 5.73 Å². The summed E-state index contributed by atoms with van der Waals surface area (Å²) < 4.78 is 0. The fourth-order valence-electron chi connectivity index (χ4n) is 2.45. The highest BCUT2D eigenvalue weighted by Crippen LogP contribution is 2.30. The molecule has 1 fully saturated rings. The molecule has 0 radical (unpaired) electrons. The van der Waals surface area contributed by atoms with Crippen LogP contribution in [-0.4, -0.2) is 26.6 Å². The third-order valence-electron chi connectivity index (χ3n) is 3.37. The lowest BCUT2D eigenvalue weighted by Crippen LogP contribution is -2.56. The number of carbonyl (C=O) groups excluding carboxylic acids is 1. The van der Waals surface area contributed by atoms with Gasteiger partial charge in [-0.05, 0) is 18.8 Å². The van der Waals surface area contributed by atoms with Gasteiger partial charge in [0.05, 0.1) is 12.1 Å². The van der Waals surface area contributed by atoms with Crippen molar-refractivity contribution in [3.05, 3.63) is 12.2 Å². The Bertz CT molecular complexity index is 377. The molecule has 1 aliphatic carbocycles. The molecule has 6 heteroatoms.